The minimum atomic E-state index is -0.711. The minimum absolute atomic E-state index is 0.0889. The van der Waals surface area contributed by atoms with Gasteiger partial charge in [-0.15, -0.1) is 0 Å². The Kier molecular flexibility index (Phi) is 3.37. The average Bonchev–Trinajstić information content (AvgIpc) is 2.55. The number of nitrogens with zero attached hydrogens (tertiary/aromatic N) is 1. The summed E-state index contributed by atoms with van der Waals surface area (Å²) in [6.07, 6.45) is 7.50. The van der Waals surface area contributed by atoms with Crippen molar-refractivity contribution in [1.29, 1.82) is 0 Å². The summed E-state index contributed by atoms with van der Waals surface area (Å²) in [4.78, 5) is 25.1. The van der Waals surface area contributed by atoms with Crippen molar-refractivity contribution in [3.63, 3.8) is 0 Å². The second kappa shape index (κ2) is 5.02. The first-order valence-electron chi connectivity index (χ1n) is 7.44. The van der Waals surface area contributed by atoms with Gasteiger partial charge < -0.3 is 15.3 Å². The minimum Gasteiger partial charge on any atom is -0.481 e. The van der Waals surface area contributed by atoms with Gasteiger partial charge in [0.25, 0.3) is 0 Å². The first-order chi connectivity index (χ1) is 9.13. The first-order valence-corrected chi connectivity index (χ1v) is 7.44. The molecule has 2 heterocycles. The highest BCUT2D eigenvalue weighted by Gasteiger charge is 2.44. The van der Waals surface area contributed by atoms with Crippen LogP contribution < -0.4 is 5.32 Å². The Balaban J connectivity index is 1.59. The second-order valence-electron chi connectivity index (χ2n) is 6.30. The van der Waals surface area contributed by atoms with Crippen molar-refractivity contribution in [2.45, 2.75) is 69.5 Å². The van der Waals surface area contributed by atoms with E-state index in [1.807, 2.05) is 4.90 Å². The third-order valence-corrected chi connectivity index (χ3v) is 4.96. The van der Waals surface area contributed by atoms with Crippen molar-refractivity contribution < 1.29 is 14.7 Å². The van der Waals surface area contributed by atoms with E-state index in [2.05, 4.69) is 5.32 Å². The standard InChI is InChI=1S/C14H22N2O3/c17-13(18)8-9-6-11-4-5-12(7-9)16(11)14(19)15-10-2-1-3-10/h9-12H,1-8H2,(H,15,19)(H,17,18). The van der Waals surface area contributed by atoms with E-state index >= 15 is 0 Å². The number of amides is 2. The number of rotatable bonds is 3. The van der Waals surface area contributed by atoms with E-state index in [4.69, 9.17) is 5.11 Å². The molecule has 5 heteroatoms. The monoisotopic (exact) mass is 266 g/mol. The van der Waals surface area contributed by atoms with E-state index < -0.39 is 5.97 Å². The van der Waals surface area contributed by atoms with Crippen LogP contribution in [0.1, 0.15) is 51.4 Å². The van der Waals surface area contributed by atoms with Gasteiger partial charge in [-0.05, 0) is 50.9 Å². The highest BCUT2D eigenvalue weighted by molar-refractivity contribution is 5.76. The van der Waals surface area contributed by atoms with Crippen LogP contribution in [0.4, 0.5) is 4.79 Å². The van der Waals surface area contributed by atoms with Crippen molar-refractivity contribution in [2.24, 2.45) is 5.92 Å². The number of fused-ring (bicyclic) bond motifs is 2. The lowest BCUT2D eigenvalue weighted by molar-refractivity contribution is -0.138. The third kappa shape index (κ3) is 2.55. The van der Waals surface area contributed by atoms with Gasteiger partial charge in [0.05, 0.1) is 0 Å². The SMILES string of the molecule is O=C(O)CC1CC2CCC(C1)N2C(=O)NC1CCC1. The number of hydrogen-bond donors (Lipinski definition) is 2. The lowest BCUT2D eigenvalue weighted by Gasteiger charge is -2.40. The number of hydrogen-bond acceptors (Lipinski definition) is 2. The molecule has 2 saturated heterocycles. The number of nitrogens with one attached hydrogen (secondary N) is 1. The fraction of sp³-hybridized carbons (Fsp3) is 0.857. The highest BCUT2D eigenvalue weighted by atomic mass is 16.4. The number of carbonyl (C=O) groups is 2. The van der Waals surface area contributed by atoms with Crippen LogP contribution in [0.25, 0.3) is 0 Å². The van der Waals surface area contributed by atoms with Gasteiger partial charge in [0.1, 0.15) is 0 Å². The van der Waals surface area contributed by atoms with E-state index in [1.54, 1.807) is 0 Å². The number of carbonyl (C=O) groups excluding carboxylic acids is 1. The van der Waals surface area contributed by atoms with Gasteiger partial charge in [-0.1, -0.05) is 0 Å². The van der Waals surface area contributed by atoms with Crippen LogP contribution in [-0.4, -0.2) is 40.1 Å². The molecule has 5 nitrogen and oxygen atoms in total. The van der Waals surface area contributed by atoms with Gasteiger partial charge in [-0.3, -0.25) is 4.79 Å². The van der Waals surface area contributed by atoms with E-state index in [9.17, 15) is 9.59 Å². The summed E-state index contributed by atoms with van der Waals surface area (Å²) >= 11 is 0. The van der Waals surface area contributed by atoms with Crippen LogP contribution in [0.3, 0.4) is 0 Å². The highest BCUT2D eigenvalue weighted by Crippen LogP contribution is 2.40. The fourth-order valence-electron chi connectivity index (χ4n) is 3.84. The molecule has 0 aromatic rings. The topological polar surface area (TPSA) is 69.6 Å². The van der Waals surface area contributed by atoms with Gasteiger partial charge in [0, 0.05) is 24.5 Å². The Morgan fingerprint density at radius 3 is 2.21 bits per heavy atom. The Morgan fingerprint density at radius 2 is 1.74 bits per heavy atom. The molecule has 3 rings (SSSR count). The Bertz CT molecular complexity index is 367. The van der Waals surface area contributed by atoms with Crippen LogP contribution in [-0.2, 0) is 4.79 Å². The summed E-state index contributed by atoms with van der Waals surface area (Å²) < 4.78 is 0. The molecule has 0 spiro atoms. The van der Waals surface area contributed by atoms with Crippen molar-refractivity contribution in [3.05, 3.63) is 0 Å². The number of carboxylic acids is 1. The lowest BCUT2D eigenvalue weighted by Crippen LogP contribution is -2.54. The maximum atomic E-state index is 12.3. The molecule has 106 valence electrons. The van der Waals surface area contributed by atoms with Crippen molar-refractivity contribution >= 4 is 12.0 Å². The van der Waals surface area contributed by atoms with Crippen LogP contribution in [0.2, 0.25) is 0 Å². The molecule has 0 aromatic carbocycles. The Labute approximate surface area is 113 Å². The molecule has 2 N–H and O–H groups in total. The lowest BCUT2D eigenvalue weighted by atomic mass is 9.88. The van der Waals surface area contributed by atoms with E-state index in [0.717, 1.165) is 38.5 Å². The van der Waals surface area contributed by atoms with Gasteiger partial charge in [0.2, 0.25) is 0 Å². The predicted molar refractivity (Wildman–Crippen MR) is 69.8 cm³/mol. The molecule has 2 bridgehead atoms. The molecule has 2 amide bonds. The number of urea groups is 1. The van der Waals surface area contributed by atoms with Crippen molar-refractivity contribution in [2.75, 3.05) is 0 Å². The van der Waals surface area contributed by atoms with Crippen molar-refractivity contribution in [3.8, 4) is 0 Å². The summed E-state index contributed by atoms with van der Waals surface area (Å²) in [6.45, 7) is 0. The van der Waals surface area contributed by atoms with Crippen LogP contribution >= 0.6 is 0 Å². The third-order valence-electron chi connectivity index (χ3n) is 4.96. The predicted octanol–water partition coefficient (Wildman–Crippen LogP) is 1.97. The molecule has 2 aliphatic heterocycles. The van der Waals surface area contributed by atoms with E-state index in [1.165, 1.54) is 6.42 Å². The van der Waals surface area contributed by atoms with Crippen LogP contribution in [0, 0.1) is 5.92 Å². The normalized spacial score (nSPS) is 33.9. The van der Waals surface area contributed by atoms with Crippen LogP contribution in [0.15, 0.2) is 0 Å². The van der Waals surface area contributed by atoms with Crippen LogP contribution in [0.5, 0.6) is 0 Å². The van der Waals surface area contributed by atoms with Gasteiger partial charge in [-0.2, -0.15) is 0 Å². The average molecular weight is 266 g/mol. The van der Waals surface area contributed by atoms with E-state index in [-0.39, 0.29) is 30.5 Å². The molecule has 2 unspecified atom stereocenters. The molecular formula is C14H22N2O3. The second-order valence-corrected chi connectivity index (χ2v) is 6.30. The molecule has 3 fully saturated rings. The quantitative estimate of drug-likeness (QED) is 0.820. The first kappa shape index (κ1) is 12.8. The number of piperidine rings is 1. The molecule has 3 aliphatic rings. The zero-order valence-electron chi connectivity index (χ0n) is 11.2. The zero-order chi connectivity index (χ0) is 13.4. The number of carboxylic acid groups (broad SMARTS) is 1. The maximum absolute atomic E-state index is 12.3. The van der Waals surface area contributed by atoms with Gasteiger partial charge >= 0.3 is 12.0 Å². The van der Waals surface area contributed by atoms with Gasteiger partial charge in [-0.25, -0.2) is 4.79 Å². The zero-order valence-corrected chi connectivity index (χ0v) is 11.2. The van der Waals surface area contributed by atoms with Crippen molar-refractivity contribution in [1.82, 2.24) is 10.2 Å². The molecular weight excluding hydrogens is 244 g/mol. The summed E-state index contributed by atoms with van der Waals surface area (Å²) in [5.74, 6) is -0.459. The molecule has 1 saturated carbocycles. The molecule has 0 aromatic heterocycles. The Morgan fingerprint density at radius 1 is 1.11 bits per heavy atom. The maximum Gasteiger partial charge on any atom is 0.318 e. The fourth-order valence-corrected chi connectivity index (χ4v) is 3.84. The Hall–Kier alpha value is -1.26. The molecule has 0 radical (unpaired) electrons. The number of aliphatic carboxylic acids is 1. The molecule has 19 heavy (non-hydrogen) atoms. The summed E-state index contributed by atoms with van der Waals surface area (Å²) in [5.41, 5.74) is 0. The summed E-state index contributed by atoms with van der Waals surface area (Å²) in [7, 11) is 0. The summed E-state index contributed by atoms with van der Waals surface area (Å²) in [6, 6.07) is 1.00. The molecule has 1 aliphatic carbocycles. The smallest absolute Gasteiger partial charge is 0.318 e. The van der Waals surface area contributed by atoms with Gasteiger partial charge in [0.15, 0.2) is 0 Å². The largest absolute Gasteiger partial charge is 0.481 e. The van der Waals surface area contributed by atoms with E-state index in [0.29, 0.717) is 6.04 Å². The molecule has 2 atom stereocenters. The summed E-state index contributed by atoms with van der Waals surface area (Å²) in [5, 5.41) is 12.0.